The van der Waals surface area contributed by atoms with Gasteiger partial charge in [-0.25, -0.2) is 0 Å². The maximum absolute atomic E-state index is 13.7. The summed E-state index contributed by atoms with van der Waals surface area (Å²) in [5, 5.41) is 2.04. The van der Waals surface area contributed by atoms with Crippen LogP contribution in [-0.4, -0.2) is 16.1 Å². The van der Waals surface area contributed by atoms with Gasteiger partial charge in [0.15, 0.2) is 0 Å². The number of aromatic nitrogens is 2. The van der Waals surface area contributed by atoms with Crippen molar-refractivity contribution < 1.29 is 48.7 Å². The van der Waals surface area contributed by atoms with E-state index in [4.69, 9.17) is 15.4 Å². The molecule has 1 aliphatic carbocycles. The van der Waals surface area contributed by atoms with E-state index in [1.165, 1.54) is 52.7 Å². The monoisotopic (exact) mass is 1020 g/mol. The van der Waals surface area contributed by atoms with Gasteiger partial charge in [-0.2, -0.15) is 13.2 Å². The molecule has 0 N–H and O–H groups in total. The van der Waals surface area contributed by atoms with Gasteiger partial charge in [0.05, 0.1) is 11.0 Å². The molecule has 0 saturated heterocycles. The molecule has 1 radical (unpaired) electrons. The summed E-state index contributed by atoms with van der Waals surface area (Å²) >= 11 is 0. The van der Waals surface area contributed by atoms with Crippen molar-refractivity contribution in [2.45, 2.75) is 59.4 Å². The molecule has 6 aromatic carbocycles. The number of hydrogen-bond donors (Lipinski definition) is 0. The van der Waals surface area contributed by atoms with Gasteiger partial charge in [-0.1, -0.05) is 154 Å². The molecule has 1 aliphatic rings. The molecule has 9 aromatic rings. The molecule has 0 unspecified atom stereocenters. The Balaban J connectivity index is 0.000000214. The van der Waals surface area contributed by atoms with Crippen LogP contribution in [0.15, 0.2) is 156 Å². The van der Waals surface area contributed by atoms with Crippen LogP contribution in [0.25, 0.3) is 77.8 Å². The van der Waals surface area contributed by atoms with Crippen molar-refractivity contribution in [2.24, 2.45) is 5.41 Å². The molecule has 0 aliphatic heterocycles. The van der Waals surface area contributed by atoms with E-state index in [9.17, 15) is 13.2 Å². The first kappa shape index (κ1) is 34.4. The van der Waals surface area contributed by atoms with Crippen molar-refractivity contribution in [2.75, 3.05) is 0 Å². The summed E-state index contributed by atoms with van der Waals surface area (Å²) in [5.41, 5.74) is 9.42. The van der Waals surface area contributed by atoms with Crippen LogP contribution in [0.4, 0.5) is 13.2 Å². The molecule has 317 valence electrons. The molecule has 0 fully saturated rings. The van der Waals surface area contributed by atoms with Gasteiger partial charge < -0.3 is 14.4 Å². The molecule has 3 aromatic heterocycles. The number of nitrogens with zero attached hydrogens (tertiary/aromatic N) is 2. The van der Waals surface area contributed by atoms with E-state index in [2.05, 4.69) is 66.3 Å². The van der Waals surface area contributed by atoms with Gasteiger partial charge in [0.25, 0.3) is 0 Å². The molecule has 63 heavy (non-hydrogen) atoms. The summed E-state index contributed by atoms with van der Waals surface area (Å²) in [7, 11) is 0. The zero-order chi connectivity index (χ0) is 50.2. The maximum Gasteiger partial charge on any atom is 0.394 e. The van der Waals surface area contributed by atoms with Crippen LogP contribution < -0.4 is 0 Å². The van der Waals surface area contributed by atoms with Gasteiger partial charge in [-0.3, -0.25) is 0 Å². The third-order valence-electron chi connectivity index (χ3n) is 11.6. The molecule has 0 bridgehead atoms. The van der Waals surface area contributed by atoms with Gasteiger partial charge >= 0.3 is 6.18 Å². The third kappa shape index (κ3) is 8.17. The Labute approximate surface area is 391 Å². The van der Waals surface area contributed by atoms with E-state index < -0.39 is 31.7 Å². The fourth-order valence-electron chi connectivity index (χ4n) is 8.19. The second-order valence-electron chi connectivity index (χ2n) is 16.5. The standard InChI is InChI=1S/C37H29F3NO.C19H16N.Ir/c1-35(2,37(38,39)40)21-22-12-14-23(15-13-22)24-18-19-41-30(20-24)26-9-7-10-27-33-31(42-34(26)27)17-16-29-32(33)25-8-5-6-11-28(25)36(29,3)4;1-14-8-11-19(20-13-14)17-10-9-15(2)18(12-17)16-6-4-3-5-7-16;/h5-8,10-20H,21H2,1-4H3;3-9,11-13H,1-2H3;/q2*-1;/i21D2;1D3,2D3;. The Morgan fingerprint density at radius 3 is 2.24 bits per heavy atom. The predicted octanol–water partition coefficient (Wildman–Crippen LogP) is 15.4. The average Bonchev–Trinajstić information content (AvgIpc) is 3.83. The average molecular weight is 1020 g/mol. The Hall–Kier alpha value is -6.14. The molecule has 0 spiro atoms. The molecular formula is C56H45F3IrN2O-2. The Kier molecular flexibility index (Phi) is 9.19. The number of halogens is 3. The van der Waals surface area contributed by atoms with Crippen molar-refractivity contribution in [3.05, 3.63) is 192 Å². The summed E-state index contributed by atoms with van der Waals surface area (Å²) in [6.07, 6.45) is -4.33. The minimum Gasteiger partial charge on any atom is -0.501 e. The molecular weight excluding hydrogens is 966 g/mol. The van der Waals surface area contributed by atoms with Crippen LogP contribution in [0.5, 0.6) is 0 Å². The van der Waals surface area contributed by atoms with E-state index in [1.807, 2.05) is 60.7 Å². The number of benzene rings is 6. The summed E-state index contributed by atoms with van der Waals surface area (Å²) in [4.78, 5) is 8.84. The Morgan fingerprint density at radius 1 is 0.730 bits per heavy atom. The van der Waals surface area contributed by atoms with Crippen LogP contribution in [0.2, 0.25) is 0 Å². The van der Waals surface area contributed by atoms with Crippen molar-refractivity contribution >= 4 is 21.9 Å². The van der Waals surface area contributed by atoms with E-state index in [1.54, 1.807) is 30.5 Å². The van der Waals surface area contributed by atoms with Crippen LogP contribution in [-0.2, 0) is 31.9 Å². The number of hydrogen-bond acceptors (Lipinski definition) is 3. The molecule has 3 nitrogen and oxygen atoms in total. The molecule has 10 rings (SSSR count). The Bertz CT molecular complexity index is 3420. The Morgan fingerprint density at radius 2 is 1.51 bits per heavy atom. The number of aryl methyl sites for hydroxylation is 2. The van der Waals surface area contributed by atoms with Crippen LogP contribution >= 0.6 is 0 Å². The number of furan rings is 1. The molecule has 0 saturated carbocycles. The smallest absolute Gasteiger partial charge is 0.394 e. The quantitative estimate of drug-likeness (QED) is 0.156. The van der Waals surface area contributed by atoms with Crippen molar-refractivity contribution in [3.8, 4) is 55.9 Å². The molecule has 0 amide bonds. The topological polar surface area (TPSA) is 38.9 Å². The van der Waals surface area contributed by atoms with Gasteiger partial charge in [0.2, 0.25) is 0 Å². The van der Waals surface area contributed by atoms with Crippen LogP contribution in [0.3, 0.4) is 0 Å². The first-order valence-electron chi connectivity index (χ1n) is 24.1. The normalized spacial score (nSPS) is 15.4. The zero-order valence-electron chi connectivity index (χ0n) is 42.7. The summed E-state index contributed by atoms with van der Waals surface area (Å²) in [6, 6.07) is 48.3. The first-order chi connectivity index (χ1) is 32.9. The zero-order valence-corrected chi connectivity index (χ0v) is 37.1. The van der Waals surface area contributed by atoms with E-state index in [0.29, 0.717) is 33.7 Å². The number of pyridine rings is 2. The van der Waals surface area contributed by atoms with E-state index >= 15 is 0 Å². The predicted molar refractivity (Wildman–Crippen MR) is 246 cm³/mol. The van der Waals surface area contributed by atoms with Crippen LogP contribution in [0.1, 0.15) is 66.5 Å². The van der Waals surface area contributed by atoms with Crippen molar-refractivity contribution in [3.63, 3.8) is 0 Å². The van der Waals surface area contributed by atoms with Gasteiger partial charge in [-0.15, -0.1) is 47.5 Å². The number of fused-ring (bicyclic) bond motifs is 7. The van der Waals surface area contributed by atoms with Crippen LogP contribution in [0, 0.1) is 31.3 Å². The van der Waals surface area contributed by atoms with Crippen molar-refractivity contribution in [1.29, 1.82) is 0 Å². The summed E-state index contributed by atoms with van der Waals surface area (Å²) < 4.78 is 110. The number of alkyl halides is 3. The first-order valence-corrected chi connectivity index (χ1v) is 20.1. The molecule has 3 heterocycles. The van der Waals surface area contributed by atoms with Gasteiger partial charge in [-0.05, 0) is 86.8 Å². The van der Waals surface area contributed by atoms with Gasteiger partial charge in [0, 0.05) is 54.3 Å². The maximum atomic E-state index is 13.7. The summed E-state index contributed by atoms with van der Waals surface area (Å²) in [5.74, 6) is 0. The summed E-state index contributed by atoms with van der Waals surface area (Å²) in [6.45, 7) is 1.79. The third-order valence-corrected chi connectivity index (χ3v) is 11.6. The fraction of sp³-hybridized carbons (Fsp3) is 0.179. The minimum atomic E-state index is -4.71. The number of rotatable bonds is 6. The van der Waals surface area contributed by atoms with Crippen molar-refractivity contribution in [1.82, 2.24) is 9.97 Å². The van der Waals surface area contributed by atoms with Gasteiger partial charge in [0.1, 0.15) is 5.58 Å². The minimum absolute atomic E-state index is 0. The van der Waals surface area contributed by atoms with E-state index in [0.717, 1.165) is 46.9 Å². The SMILES string of the molecule is [2H]C([2H])([2H])c1ccc(-c2[c-]cc(C([2H])([2H])[2H])c(-c3ccccc3)c2)nc1.[2H]C([2H])(c1ccc(-c2ccnc(-c3[c-]ccc4c3oc3ccc5c(c34)-c3ccccc3C5(C)C)c2)cc1)C(C)(C)C(F)(F)F.[Ir]. The fourth-order valence-corrected chi connectivity index (χ4v) is 8.19. The molecule has 0 atom stereocenters. The second-order valence-corrected chi connectivity index (χ2v) is 16.5. The molecule has 7 heteroatoms. The largest absolute Gasteiger partial charge is 0.501 e. The van der Waals surface area contributed by atoms with E-state index in [-0.39, 0.29) is 42.2 Å². The second kappa shape index (κ2) is 16.9.